The zero-order valence-corrected chi connectivity index (χ0v) is 25.2. The van der Waals surface area contributed by atoms with Crippen molar-refractivity contribution in [2.45, 2.75) is 20.8 Å². The van der Waals surface area contributed by atoms with E-state index in [9.17, 15) is 0 Å². The van der Waals surface area contributed by atoms with Gasteiger partial charge in [-0.15, -0.1) is 54.6 Å². The van der Waals surface area contributed by atoms with Crippen molar-refractivity contribution in [3.8, 4) is 33.8 Å². The standard InChI is InChI=1S/3C12H10N.Ir/c3*1-10-5-7-11(8-6-10)12-4-2-3-9-13-12;/h3*2-3,5-9H,1H3;/q3*-1;+3. The van der Waals surface area contributed by atoms with Gasteiger partial charge >= 0.3 is 20.1 Å². The smallest absolute Gasteiger partial charge is 0.296 e. The van der Waals surface area contributed by atoms with E-state index in [2.05, 4.69) is 127 Å². The van der Waals surface area contributed by atoms with Gasteiger partial charge in [0.1, 0.15) is 0 Å². The summed E-state index contributed by atoms with van der Waals surface area (Å²) in [5, 5.41) is 0. The van der Waals surface area contributed by atoms with E-state index in [1.165, 1.54) is 16.7 Å². The molecule has 4 heteroatoms. The minimum absolute atomic E-state index is 0. The average Bonchev–Trinajstić information content (AvgIpc) is 3.00. The molecule has 0 atom stereocenters. The zero-order valence-electron chi connectivity index (χ0n) is 22.8. The minimum Gasteiger partial charge on any atom is -0.296 e. The Morgan fingerprint density at radius 1 is 0.400 bits per heavy atom. The fourth-order valence-corrected chi connectivity index (χ4v) is 3.58. The van der Waals surface area contributed by atoms with Crippen LogP contribution in [0.25, 0.3) is 33.8 Å². The van der Waals surface area contributed by atoms with Crippen molar-refractivity contribution in [2.24, 2.45) is 0 Å². The van der Waals surface area contributed by atoms with Gasteiger partial charge in [0.15, 0.2) is 0 Å². The van der Waals surface area contributed by atoms with Crippen molar-refractivity contribution in [3.63, 3.8) is 0 Å². The van der Waals surface area contributed by atoms with Crippen molar-refractivity contribution >= 4 is 0 Å². The molecule has 3 heterocycles. The molecule has 0 fully saturated rings. The molecule has 0 aliphatic heterocycles. The van der Waals surface area contributed by atoms with Crippen LogP contribution in [-0.2, 0) is 20.1 Å². The SMILES string of the molecule is Cc1ccc(-c2[c-]cccn2)cc1.Cc1ccc(-c2[c-]cccn2)cc1.Cc1ccc(-c2[c-]cccn2)cc1.[Ir+3]. The molecule has 6 aromatic rings. The van der Waals surface area contributed by atoms with Crippen LogP contribution in [0.1, 0.15) is 16.7 Å². The maximum atomic E-state index is 4.22. The average molecular weight is 697 g/mol. The summed E-state index contributed by atoms with van der Waals surface area (Å²) in [6.07, 6.45) is 5.35. The number of pyridine rings is 3. The summed E-state index contributed by atoms with van der Waals surface area (Å²) in [6.45, 7) is 6.23. The van der Waals surface area contributed by atoms with Gasteiger partial charge in [0.25, 0.3) is 0 Å². The zero-order chi connectivity index (χ0) is 27.3. The van der Waals surface area contributed by atoms with Gasteiger partial charge in [-0.05, 0) is 56.4 Å². The molecule has 0 amide bonds. The Labute approximate surface area is 251 Å². The predicted molar refractivity (Wildman–Crippen MR) is 160 cm³/mol. The number of nitrogens with zero attached hydrogens (tertiary/aromatic N) is 3. The van der Waals surface area contributed by atoms with Crippen LogP contribution in [0.2, 0.25) is 0 Å². The molecule has 0 saturated carbocycles. The summed E-state index contributed by atoms with van der Waals surface area (Å²) in [6, 6.07) is 45.4. The van der Waals surface area contributed by atoms with Crippen LogP contribution in [0.3, 0.4) is 0 Å². The monoisotopic (exact) mass is 697 g/mol. The number of hydrogen-bond acceptors (Lipinski definition) is 3. The van der Waals surface area contributed by atoms with Crippen molar-refractivity contribution in [1.29, 1.82) is 0 Å². The van der Waals surface area contributed by atoms with E-state index < -0.39 is 0 Å². The van der Waals surface area contributed by atoms with E-state index >= 15 is 0 Å². The minimum atomic E-state index is 0. The van der Waals surface area contributed by atoms with E-state index in [0.29, 0.717) is 0 Å². The van der Waals surface area contributed by atoms with Crippen LogP contribution in [0, 0.1) is 39.0 Å². The fourth-order valence-electron chi connectivity index (χ4n) is 3.58. The van der Waals surface area contributed by atoms with Crippen LogP contribution < -0.4 is 0 Å². The molecule has 3 aromatic carbocycles. The first-order valence-electron chi connectivity index (χ1n) is 12.8. The number of benzene rings is 3. The second-order valence-electron chi connectivity index (χ2n) is 8.99. The third-order valence-corrected chi connectivity index (χ3v) is 5.79. The maximum absolute atomic E-state index is 4.22. The predicted octanol–water partition coefficient (Wildman–Crippen LogP) is 8.57. The Kier molecular flexibility index (Phi) is 12.1. The van der Waals surface area contributed by atoms with Gasteiger partial charge in [-0.1, -0.05) is 69.8 Å². The van der Waals surface area contributed by atoms with Gasteiger partial charge in [-0.3, -0.25) is 15.0 Å². The summed E-state index contributed by atoms with van der Waals surface area (Å²) in [4.78, 5) is 12.7. The Morgan fingerprint density at radius 3 is 0.850 bits per heavy atom. The Hall–Kier alpha value is -4.24. The van der Waals surface area contributed by atoms with Gasteiger partial charge in [0, 0.05) is 0 Å². The summed E-state index contributed by atoms with van der Waals surface area (Å²) < 4.78 is 0. The second-order valence-corrected chi connectivity index (χ2v) is 8.99. The largest absolute Gasteiger partial charge is 3.00 e. The molecule has 6 rings (SSSR count). The summed E-state index contributed by atoms with van der Waals surface area (Å²) >= 11 is 0. The third-order valence-electron chi connectivity index (χ3n) is 5.79. The van der Waals surface area contributed by atoms with Crippen LogP contribution in [0.4, 0.5) is 0 Å². The molecule has 0 saturated heterocycles. The van der Waals surface area contributed by atoms with Gasteiger partial charge in [0.05, 0.1) is 0 Å². The van der Waals surface area contributed by atoms with Gasteiger partial charge in [-0.25, -0.2) is 0 Å². The molecule has 3 aromatic heterocycles. The van der Waals surface area contributed by atoms with E-state index in [1.807, 2.05) is 36.4 Å². The van der Waals surface area contributed by atoms with E-state index in [-0.39, 0.29) is 20.1 Å². The molecule has 0 spiro atoms. The third kappa shape index (κ3) is 9.50. The first-order chi connectivity index (χ1) is 19.1. The first-order valence-corrected chi connectivity index (χ1v) is 12.8. The molecular weight excluding hydrogens is 667 g/mol. The van der Waals surface area contributed by atoms with Crippen molar-refractivity contribution in [1.82, 2.24) is 15.0 Å². The fraction of sp³-hybridized carbons (Fsp3) is 0.0833. The first kappa shape index (κ1) is 30.3. The molecule has 0 aliphatic carbocycles. The number of hydrogen-bond donors (Lipinski definition) is 0. The van der Waals surface area contributed by atoms with Crippen LogP contribution in [0.5, 0.6) is 0 Å². The summed E-state index contributed by atoms with van der Waals surface area (Å²) in [5.41, 5.74) is 9.86. The molecule has 0 bridgehead atoms. The Morgan fingerprint density at radius 2 is 0.650 bits per heavy atom. The van der Waals surface area contributed by atoms with E-state index in [4.69, 9.17) is 0 Å². The normalized spacial score (nSPS) is 9.68. The maximum Gasteiger partial charge on any atom is 3.00 e. The van der Waals surface area contributed by atoms with E-state index in [1.54, 1.807) is 18.6 Å². The topological polar surface area (TPSA) is 38.7 Å². The molecule has 198 valence electrons. The van der Waals surface area contributed by atoms with Crippen LogP contribution >= 0.6 is 0 Å². The van der Waals surface area contributed by atoms with Crippen molar-refractivity contribution < 1.29 is 20.1 Å². The quantitative estimate of drug-likeness (QED) is 0.174. The molecule has 0 aliphatic rings. The molecule has 0 radical (unpaired) electrons. The van der Waals surface area contributed by atoms with E-state index in [0.717, 1.165) is 33.8 Å². The molecule has 40 heavy (non-hydrogen) atoms. The summed E-state index contributed by atoms with van der Waals surface area (Å²) in [5.74, 6) is 0. The Bertz CT molecular complexity index is 1330. The van der Waals surface area contributed by atoms with Crippen molar-refractivity contribution in [3.05, 3.63) is 163 Å². The molecule has 3 nitrogen and oxygen atoms in total. The van der Waals surface area contributed by atoms with Crippen LogP contribution in [-0.4, -0.2) is 15.0 Å². The van der Waals surface area contributed by atoms with Gasteiger partial charge < -0.3 is 0 Å². The molecule has 0 N–H and O–H groups in total. The number of aryl methyl sites for hydroxylation is 3. The van der Waals surface area contributed by atoms with Gasteiger partial charge in [0.2, 0.25) is 0 Å². The number of aromatic nitrogens is 3. The second kappa shape index (κ2) is 16.0. The number of rotatable bonds is 3. The molecule has 0 unspecified atom stereocenters. The Balaban J connectivity index is 0.000000163. The van der Waals surface area contributed by atoms with Gasteiger partial charge in [-0.2, -0.15) is 36.4 Å². The van der Waals surface area contributed by atoms with Crippen molar-refractivity contribution in [2.75, 3.05) is 0 Å². The molecular formula is C36H30IrN3. The summed E-state index contributed by atoms with van der Waals surface area (Å²) in [7, 11) is 0. The van der Waals surface area contributed by atoms with Crippen LogP contribution in [0.15, 0.2) is 128 Å².